The molecule has 0 aliphatic carbocycles. The fraction of sp³-hybridized carbons (Fsp3) is 1.00. The van der Waals surface area contributed by atoms with Crippen LogP contribution in [0.3, 0.4) is 0 Å². The predicted molar refractivity (Wildman–Crippen MR) is 58.4 cm³/mol. The molecule has 0 aromatic heterocycles. The van der Waals surface area contributed by atoms with E-state index in [-0.39, 0.29) is 30.8 Å². The molecule has 1 heterocycles. The van der Waals surface area contributed by atoms with Crippen LogP contribution in [0.15, 0.2) is 0 Å². The van der Waals surface area contributed by atoms with Gasteiger partial charge >= 0.3 is 0 Å². The van der Waals surface area contributed by atoms with Gasteiger partial charge in [0.2, 0.25) is 0 Å². The molecule has 5 unspecified atom stereocenters. The van der Waals surface area contributed by atoms with Gasteiger partial charge in [-0.1, -0.05) is 20.3 Å². The van der Waals surface area contributed by atoms with E-state index in [1.807, 2.05) is 6.92 Å². The van der Waals surface area contributed by atoms with E-state index in [9.17, 15) is 10.2 Å². The van der Waals surface area contributed by atoms with Crippen LogP contribution >= 0.6 is 0 Å². The van der Waals surface area contributed by atoms with Crippen LogP contribution in [0.2, 0.25) is 0 Å². The summed E-state index contributed by atoms with van der Waals surface area (Å²) in [4.78, 5) is 0. The van der Waals surface area contributed by atoms with Crippen LogP contribution in [0.5, 0.6) is 0 Å². The summed E-state index contributed by atoms with van der Waals surface area (Å²) in [5.41, 5.74) is 5.93. The van der Waals surface area contributed by atoms with Crippen molar-refractivity contribution in [3.8, 4) is 0 Å². The van der Waals surface area contributed by atoms with Crippen molar-refractivity contribution in [3.63, 3.8) is 0 Å². The first-order chi connectivity index (χ1) is 7.15. The minimum Gasteiger partial charge on any atom is -0.394 e. The Morgan fingerprint density at radius 3 is 2.40 bits per heavy atom. The Morgan fingerprint density at radius 1 is 1.27 bits per heavy atom. The maximum atomic E-state index is 10.0. The number of hydrogen-bond donors (Lipinski definition) is 3. The van der Waals surface area contributed by atoms with E-state index in [4.69, 9.17) is 10.5 Å². The molecule has 1 aliphatic rings. The average molecular weight is 217 g/mol. The van der Waals surface area contributed by atoms with Gasteiger partial charge in [-0.3, -0.25) is 0 Å². The molecule has 0 aromatic carbocycles. The average Bonchev–Trinajstić information content (AvgIpc) is 2.24. The van der Waals surface area contributed by atoms with Crippen molar-refractivity contribution in [3.05, 3.63) is 0 Å². The molecule has 0 aromatic rings. The monoisotopic (exact) mass is 217 g/mol. The number of rotatable bonds is 4. The van der Waals surface area contributed by atoms with Gasteiger partial charge in [-0.15, -0.1) is 0 Å². The lowest BCUT2D eigenvalue weighted by atomic mass is 9.83. The second-order valence-electron chi connectivity index (χ2n) is 4.32. The predicted octanol–water partition coefficient (Wildman–Crippen LogP) is 0.261. The fourth-order valence-corrected chi connectivity index (χ4v) is 2.37. The van der Waals surface area contributed by atoms with Gasteiger partial charge in [0.25, 0.3) is 0 Å². The molecule has 90 valence electrons. The molecule has 0 spiro atoms. The summed E-state index contributed by atoms with van der Waals surface area (Å²) in [6.07, 6.45) is 1.65. The standard InChI is InChI=1S/C11H23NO3/c1-3-5-8-10(12)11(14)7(4-2)9(6-13)15-8/h7-11,13-14H,3-6,12H2,1-2H3. The van der Waals surface area contributed by atoms with Gasteiger partial charge < -0.3 is 20.7 Å². The molecule has 4 nitrogen and oxygen atoms in total. The van der Waals surface area contributed by atoms with Crippen molar-refractivity contribution >= 4 is 0 Å². The van der Waals surface area contributed by atoms with Gasteiger partial charge in [-0.25, -0.2) is 0 Å². The molecule has 0 amide bonds. The van der Waals surface area contributed by atoms with Crippen LogP contribution in [-0.2, 0) is 4.74 Å². The smallest absolute Gasteiger partial charge is 0.0863 e. The van der Waals surface area contributed by atoms with Crippen molar-refractivity contribution in [2.24, 2.45) is 11.7 Å². The Labute approximate surface area is 91.4 Å². The number of nitrogens with two attached hydrogens (primary N) is 1. The summed E-state index contributed by atoms with van der Waals surface area (Å²) in [6, 6.07) is -0.322. The first-order valence-electron chi connectivity index (χ1n) is 5.85. The zero-order valence-corrected chi connectivity index (χ0v) is 9.60. The number of aliphatic hydroxyl groups excluding tert-OH is 2. The molecule has 4 N–H and O–H groups in total. The van der Waals surface area contributed by atoms with E-state index < -0.39 is 6.10 Å². The molecule has 4 heteroatoms. The number of ether oxygens (including phenoxy) is 1. The lowest BCUT2D eigenvalue weighted by Gasteiger charge is -2.43. The number of hydrogen-bond acceptors (Lipinski definition) is 4. The summed E-state index contributed by atoms with van der Waals surface area (Å²) < 4.78 is 5.73. The second-order valence-corrected chi connectivity index (χ2v) is 4.32. The Balaban J connectivity index is 2.68. The maximum Gasteiger partial charge on any atom is 0.0863 e. The molecule has 0 bridgehead atoms. The van der Waals surface area contributed by atoms with Crippen LogP contribution in [-0.4, -0.2) is 41.2 Å². The molecule has 5 atom stereocenters. The van der Waals surface area contributed by atoms with E-state index in [1.54, 1.807) is 0 Å². The van der Waals surface area contributed by atoms with Crippen molar-refractivity contribution < 1.29 is 14.9 Å². The normalized spacial score (nSPS) is 41.8. The quantitative estimate of drug-likeness (QED) is 0.631. The largest absolute Gasteiger partial charge is 0.394 e. The van der Waals surface area contributed by atoms with Crippen molar-refractivity contribution in [2.45, 2.75) is 57.5 Å². The zero-order valence-electron chi connectivity index (χ0n) is 9.60. The van der Waals surface area contributed by atoms with Gasteiger partial charge in [0, 0.05) is 5.92 Å². The summed E-state index contributed by atoms with van der Waals surface area (Å²) in [7, 11) is 0. The van der Waals surface area contributed by atoms with E-state index in [0.717, 1.165) is 19.3 Å². The maximum absolute atomic E-state index is 10.0. The first-order valence-corrected chi connectivity index (χ1v) is 5.85. The lowest BCUT2D eigenvalue weighted by Crippen LogP contribution is -2.58. The van der Waals surface area contributed by atoms with Crippen LogP contribution in [0.4, 0.5) is 0 Å². The van der Waals surface area contributed by atoms with Gasteiger partial charge in [-0.05, 0) is 12.8 Å². The minimum atomic E-state index is -0.558. The van der Waals surface area contributed by atoms with E-state index in [0.29, 0.717) is 0 Å². The third-order valence-corrected chi connectivity index (χ3v) is 3.31. The molecule has 0 saturated carbocycles. The topological polar surface area (TPSA) is 75.7 Å². The molecular weight excluding hydrogens is 194 g/mol. The van der Waals surface area contributed by atoms with Crippen molar-refractivity contribution in [1.29, 1.82) is 0 Å². The zero-order chi connectivity index (χ0) is 11.4. The molecule has 1 saturated heterocycles. The highest BCUT2D eigenvalue weighted by atomic mass is 16.5. The third-order valence-electron chi connectivity index (χ3n) is 3.31. The van der Waals surface area contributed by atoms with Gasteiger partial charge in [0.15, 0.2) is 0 Å². The van der Waals surface area contributed by atoms with Crippen LogP contribution in [0.25, 0.3) is 0 Å². The molecule has 1 fully saturated rings. The Morgan fingerprint density at radius 2 is 1.93 bits per heavy atom. The number of aliphatic hydroxyl groups is 2. The van der Waals surface area contributed by atoms with Crippen molar-refractivity contribution in [2.75, 3.05) is 6.61 Å². The highest BCUT2D eigenvalue weighted by Gasteiger charge is 2.41. The van der Waals surface area contributed by atoms with Crippen LogP contribution in [0.1, 0.15) is 33.1 Å². The Kier molecular flexibility index (Phi) is 4.99. The van der Waals surface area contributed by atoms with Crippen LogP contribution < -0.4 is 5.73 Å². The fourth-order valence-electron chi connectivity index (χ4n) is 2.37. The molecule has 15 heavy (non-hydrogen) atoms. The second kappa shape index (κ2) is 5.80. The molecule has 0 radical (unpaired) electrons. The van der Waals surface area contributed by atoms with E-state index >= 15 is 0 Å². The lowest BCUT2D eigenvalue weighted by molar-refractivity contribution is -0.162. The minimum absolute atomic E-state index is 0.0392. The SMILES string of the molecule is CCCC1OC(CO)C(CC)C(O)C1N. The van der Waals surface area contributed by atoms with Gasteiger partial charge in [-0.2, -0.15) is 0 Å². The van der Waals surface area contributed by atoms with Gasteiger partial charge in [0.05, 0.1) is 31.0 Å². The van der Waals surface area contributed by atoms with Crippen LogP contribution in [0, 0.1) is 5.92 Å². The van der Waals surface area contributed by atoms with E-state index in [2.05, 4.69) is 6.92 Å². The third kappa shape index (κ3) is 2.69. The summed E-state index contributed by atoms with van der Waals surface area (Å²) in [6.45, 7) is 4.00. The summed E-state index contributed by atoms with van der Waals surface area (Å²) in [5.74, 6) is -0.0434. The molecule has 1 rings (SSSR count). The molecular formula is C11H23NO3. The molecule has 1 aliphatic heterocycles. The summed E-state index contributed by atoms with van der Waals surface area (Å²) in [5, 5.41) is 19.2. The first kappa shape index (κ1) is 12.9. The Hall–Kier alpha value is -0.160. The highest BCUT2D eigenvalue weighted by molar-refractivity contribution is 4.93. The Bertz CT molecular complexity index is 185. The van der Waals surface area contributed by atoms with Gasteiger partial charge in [0.1, 0.15) is 0 Å². The van der Waals surface area contributed by atoms with E-state index in [1.165, 1.54) is 0 Å². The summed E-state index contributed by atoms with van der Waals surface area (Å²) >= 11 is 0. The highest BCUT2D eigenvalue weighted by Crippen LogP contribution is 2.29. The van der Waals surface area contributed by atoms with Crippen molar-refractivity contribution in [1.82, 2.24) is 0 Å².